The molecule has 6 nitrogen and oxygen atoms in total. The number of nitrogens with zero attached hydrogens (tertiary/aromatic N) is 2. The highest BCUT2D eigenvalue weighted by Gasteiger charge is 2.08. The molecule has 1 aromatic carbocycles. The second-order valence-corrected chi connectivity index (χ2v) is 4.27. The Morgan fingerprint density at radius 2 is 2.00 bits per heavy atom. The highest BCUT2D eigenvalue weighted by atomic mass is 32.1. The maximum Gasteiger partial charge on any atom is 0.287 e. The van der Waals surface area contributed by atoms with E-state index in [-0.39, 0.29) is 22.3 Å². The van der Waals surface area contributed by atoms with Gasteiger partial charge in [0, 0.05) is 12.1 Å². The van der Waals surface area contributed by atoms with E-state index in [0.29, 0.717) is 0 Å². The molecule has 21 heavy (non-hydrogen) atoms. The van der Waals surface area contributed by atoms with E-state index in [0.717, 1.165) is 18.3 Å². The van der Waals surface area contributed by atoms with E-state index in [1.165, 1.54) is 18.2 Å². The fraction of sp³-hybridized carbons (Fsp3) is 0. The van der Waals surface area contributed by atoms with Gasteiger partial charge in [0.25, 0.3) is 5.69 Å². The third-order valence-corrected chi connectivity index (χ3v) is 2.58. The van der Waals surface area contributed by atoms with E-state index in [9.17, 15) is 18.9 Å². The zero-order chi connectivity index (χ0) is 15.4. The summed E-state index contributed by atoms with van der Waals surface area (Å²) in [5.41, 5.74) is -0.167. The van der Waals surface area contributed by atoms with Crippen LogP contribution in [0.1, 0.15) is 0 Å². The number of hydrogen-bond acceptors (Lipinski definition) is 4. The number of rotatable bonds is 3. The van der Waals surface area contributed by atoms with Gasteiger partial charge in [-0.15, -0.1) is 0 Å². The van der Waals surface area contributed by atoms with Crippen molar-refractivity contribution in [1.29, 1.82) is 0 Å². The predicted molar refractivity (Wildman–Crippen MR) is 77.1 cm³/mol. The first-order valence-corrected chi connectivity index (χ1v) is 6.00. The third kappa shape index (κ3) is 3.89. The molecule has 0 aliphatic rings. The minimum atomic E-state index is -0.796. The van der Waals surface area contributed by atoms with Crippen molar-refractivity contribution < 1.29 is 13.7 Å². The van der Waals surface area contributed by atoms with Crippen molar-refractivity contribution in [3.63, 3.8) is 0 Å². The second-order valence-electron chi connectivity index (χ2n) is 3.86. The zero-order valence-electron chi connectivity index (χ0n) is 10.3. The Labute approximate surface area is 123 Å². The van der Waals surface area contributed by atoms with Gasteiger partial charge in [0.15, 0.2) is 5.11 Å². The van der Waals surface area contributed by atoms with Crippen LogP contribution in [0.3, 0.4) is 0 Å². The molecule has 0 amide bonds. The SMILES string of the molecule is O=[N+]([O-])c1ccc(NC(=S)Nc2ccc(F)cc2F)nc1. The van der Waals surface area contributed by atoms with Crippen molar-refractivity contribution in [3.05, 3.63) is 58.3 Å². The molecule has 0 bridgehead atoms. The van der Waals surface area contributed by atoms with E-state index in [1.54, 1.807) is 0 Å². The topological polar surface area (TPSA) is 80.1 Å². The molecule has 0 saturated carbocycles. The van der Waals surface area contributed by atoms with E-state index in [2.05, 4.69) is 15.6 Å². The molecule has 1 aromatic heterocycles. The number of nitrogens with one attached hydrogen (secondary N) is 2. The van der Waals surface area contributed by atoms with Crippen LogP contribution in [0.4, 0.5) is 26.0 Å². The quantitative estimate of drug-likeness (QED) is 0.515. The van der Waals surface area contributed by atoms with Gasteiger partial charge in [-0.1, -0.05) is 0 Å². The van der Waals surface area contributed by atoms with Gasteiger partial charge < -0.3 is 10.6 Å². The Morgan fingerprint density at radius 3 is 2.57 bits per heavy atom. The van der Waals surface area contributed by atoms with Gasteiger partial charge in [0.2, 0.25) is 0 Å². The Morgan fingerprint density at radius 1 is 1.24 bits per heavy atom. The van der Waals surface area contributed by atoms with Crippen molar-refractivity contribution in [2.75, 3.05) is 10.6 Å². The number of thiocarbonyl (C=S) groups is 1. The molecular weight excluding hydrogens is 302 g/mol. The fourth-order valence-electron chi connectivity index (χ4n) is 1.43. The lowest BCUT2D eigenvalue weighted by Crippen LogP contribution is -2.20. The molecule has 0 aliphatic heterocycles. The largest absolute Gasteiger partial charge is 0.330 e. The van der Waals surface area contributed by atoms with Crippen LogP contribution in [0.2, 0.25) is 0 Å². The molecule has 0 aliphatic carbocycles. The van der Waals surface area contributed by atoms with Gasteiger partial charge in [-0.05, 0) is 30.4 Å². The number of benzene rings is 1. The van der Waals surface area contributed by atoms with Crippen LogP contribution >= 0.6 is 12.2 Å². The number of aromatic nitrogens is 1. The van der Waals surface area contributed by atoms with Crippen molar-refractivity contribution >= 4 is 34.5 Å². The third-order valence-electron chi connectivity index (χ3n) is 2.38. The van der Waals surface area contributed by atoms with E-state index in [4.69, 9.17) is 12.2 Å². The minimum absolute atomic E-state index is 0.00388. The zero-order valence-corrected chi connectivity index (χ0v) is 11.2. The lowest BCUT2D eigenvalue weighted by molar-refractivity contribution is -0.385. The Bertz CT molecular complexity index is 694. The second kappa shape index (κ2) is 6.18. The average Bonchev–Trinajstić information content (AvgIpc) is 2.42. The highest BCUT2D eigenvalue weighted by molar-refractivity contribution is 7.80. The average molecular weight is 310 g/mol. The predicted octanol–water partition coefficient (Wildman–Crippen LogP) is 3.08. The smallest absolute Gasteiger partial charge is 0.287 e. The number of anilines is 2. The van der Waals surface area contributed by atoms with Gasteiger partial charge in [-0.2, -0.15) is 0 Å². The molecule has 2 rings (SSSR count). The monoisotopic (exact) mass is 310 g/mol. The summed E-state index contributed by atoms with van der Waals surface area (Å²) in [5.74, 6) is -1.25. The van der Waals surface area contributed by atoms with E-state index in [1.807, 2.05) is 0 Å². The highest BCUT2D eigenvalue weighted by Crippen LogP contribution is 2.16. The van der Waals surface area contributed by atoms with E-state index >= 15 is 0 Å². The maximum atomic E-state index is 13.4. The number of pyridine rings is 1. The van der Waals surface area contributed by atoms with Crippen LogP contribution in [-0.2, 0) is 0 Å². The first-order valence-electron chi connectivity index (χ1n) is 5.59. The van der Waals surface area contributed by atoms with Crippen LogP contribution in [0.25, 0.3) is 0 Å². The molecule has 2 aromatic rings. The molecule has 2 N–H and O–H groups in total. The normalized spacial score (nSPS) is 10.0. The summed E-state index contributed by atoms with van der Waals surface area (Å²) in [5, 5.41) is 15.6. The van der Waals surface area contributed by atoms with Crippen molar-refractivity contribution in [2.45, 2.75) is 0 Å². The maximum absolute atomic E-state index is 13.4. The van der Waals surface area contributed by atoms with Crippen molar-refractivity contribution in [1.82, 2.24) is 4.98 Å². The van der Waals surface area contributed by atoms with Crippen LogP contribution in [0, 0.1) is 21.7 Å². The summed E-state index contributed by atoms with van der Waals surface area (Å²) in [7, 11) is 0. The molecule has 0 spiro atoms. The summed E-state index contributed by atoms with van der Waals surface area (Å²) >= 11 is 4.94. The molecule has 0 saturated heterocycles. The van der Waals surface area contributed by atoms with Gasteiger partial charge in [-0.25, -0.2) is 13.8 Å². The summed E-state index contributed by atoms with van der Waals surface area (Å²) < 4.78 is 26.2. The van der Waals surface area contributed by atoms with Gasteiger partial charge in [0.1, 0.15) is 23.6 Å². The number of hydrogen-bond donors (Lipinski definition) is 2. The standard InChI is InChI=1S/C12H8F2N4O2S/c13-7-1-3-10(9(14)5-7)16-12(21)17-11-4-2-8(6-15-11)18(19)20/h1-6H,(H2,15,16,17,21). The van der Waals surface area contributed by atoms with Gasteiger partial charge in [0.05, 0.1) is 10.6 Å². The first kappa shape index (κ1) is 14.7. The van der Waals surface area contributed by atoms with Crippen molar-refractivity contribution in [2.24, 2.45) is 0 Å². The summed E-state index contributed by atoms with van der Waals surface area (Å²) in [6.07, 6.45) is 1.06. The Kier molecular flexibility index (Phi) is 4.33. The summed E-state index contributed by atoms with van der Waals surface area (Å²) in [6, 6.07) is 5.60. The van der Waals surface area contributed by atoms with E-state index < -0.39 is 16.6 Å². The molecule has 0 atom stereocenters. The Hall–Kier alpha value is -2.68. The van der Waals surface area contributed by atoms with Crippen LogP contribution in [-0.4, -0.2) is 15.0 Å². The minimum Gasteiger partial charge on any atom is -0.330 e. The molecule has 9 heteroatoms. The van der Waals surface area contributed by atoms with Crippen LogP contribution in [0.5, 0.6) is 0 Å². The van der Waals surface area contributed by atoms with Crippen LogP contribution < -0.4 is 10.6 Å². The lowest BCUT2D eigenvalue weighted by Gasteiger charge is -2.10. The molecule has 1 heterocycles. The number of halogens is 2. The lowest BCUT2D eigenvalue weighted by atomic mass is 10.3. The Balaban J connectivity index is 2.02. The van der Waals surface area contributed by atoms with Crippen LogP contribution in [0.15, 0.2) is 36.5 Å². The number of nitro groups is 1. The molecule has 0 radical (unpaired) electrons. The van der Waals surface area contributed by atoms with Crippen molar-refractivity contribution in [3.8, 4) is 0 Å². The molecule has 108 valence electrons. The fourth-order valence-corrected chi connectivity index (χ4v) is 1.64. The molecular formula is C12H8F2N4O2S. The first-order chi connectivity index (χ1) is 9.95. The molecule has 0 fully saturated rings. The summed E-state index contributed by atoms with van der Waals surface area (Å²) in [6.45, 7) is 0. The van der Waals surface area contributed by atoms with Gasteiger partial charge in [-0.3, -0.25) is 10.1 Å². The van der Waals surface area contributed by atoms with Gasteiger partial charge >= 0.3 is 0 Å². The summed E-state index contributed by atoms with van der Waals surface area (Å²) in [4.78, 5) is 13.7. The molecule has 0 unspecified atom stereocenters.